The van der Waals surface area contributed by atoms with Crippen LogP contribution >= 0.6 is 0 Å². The predicted molar refractivity (Wildman–Crippen MR) is 124 cm³/mol. The van der Waals surface area contributed by atoms with Crippen LogP contribution in [0.25, 0.3) is 0 Å². The quantitative estimate of drug-likeness (QED) is 0.680. The van der Waals surface area contributed by atoms with Crippen molar-refractivity contribution in [2.24, 2.45) is 0 Å². The van der Waals surface area contributed by atoms with Crippen LogP contribution in [0.1, 0.15) is 48.6 Å². The third-order valence-electron chi connectivity index (χ3n) is 6.06. The Hall–Kier alpha value is -2.69. The lowest BCUT2D eigenvalue weighted by atomic mass is 9.94. The number of rotatable bonds is 2. The van der Waals surface area contributed by atoms with Crippen LogP contribution in [0.2, 0.25) is 0 Å². The van der Waals surface area contributed by atoms with Gasteiger partial charge in [-0.15, -0.1) is 0 Å². The van der Waals surface area contributed by atoms with Gasteiger partial charge in [0.1, 0.15) is 18.0 Å². The standard InChI is InChI=1S/C26H34N2O3/c1-18-7-6-8-20(15-18)17-28-13-14-30-23-16-21-9-11-27(25(29)31-26(3,4)5)12-10-22(21)19(2)24(23)28/h6-8,15-16H,9-14,17H2,1-5H3. The molecule has 1 amide bonds. The lowest BCUT2D eigenvalue weighted by molar-refractivity contribution is 0.0258. The number of ether oxygens (including phenoxy) is 2. The Labute approximate surface area is 185 Å². The molecule has 2 heterocycles. The summed E-state index contributed by atoms with van der Waals surface area (Å²) < 4.78 is 11.7. The zero-order valence-electron chi connectivity index (χ0n) is 19.5. The minimum absolute atomic E-state index is 0.222. The Balaban J connectivity index is 1.59. The third kappa shape index (κ3) is 4.81. The predicted octanol–water partition coefficient (Wildman–Crippen LogP) is 5.04. The number of benzene rings is 2. The fourth-order valence-electron chi connectivity index (χ4n) is 4.65. The summed E-state index contributed by atoms with van der Waals surface area (Å²) in [5.74, 6) is 0.973. The summed E-state index contributed by atoms with van der Waals surface area (Å²) >= 11 is 0. The number of hydrogen-bond acceptors (Lipinski definition) is 4. The zero-order valence-corrected chi connectivity index (χ0v) is 19.5. The van der Waals surface area contributed by atoms with E-state index in [0.29, 0.717) is 19.7 Å². The Morgan fingerprint density at radius 2 is 1.87 bits per heavy atom. The molecule has 0 aromatic heterocycles. The van der Waals surface area contributed by atoms with Crippen LogP contribution in [0.3, 0.4) is 0 Å². The lowest BCUT2D eigenvalue weighted by Crippen LogP contribution is -2.38. The second-order valence-electron chi connectivity index (χ2n) is 9.71. The summed E-state index contributed by atoms with van der Waals surface area (Å²) in [6.07, 6.45) is 1.44. The van der Waals surface area contributed by atoms with Crippen molar-refractivity contribution in [3.63, 3.8) is 0 Å². The van der Waals surface area contributed by atoms with Crippen molar-refractivity contribution in [3.8, 4) is 5.75 Å². The fourth-order valence-corrected chi connectivity index (χ4v) is 4.65. The molecule has 0 radical (unpaired) electrons. The molecule has 0 N–H and O–H groups in total. The molecule has 2 aromatic carbocycles. The molecule has 0 saturated carbocycles. The van der Waals surface area contributed by atoms with E-state index in [9.17, 15) is 4.79 Å². The number of anilines is 1. The maximum atomic E-state index is 12.6. The van der Waals surface area contributed by atoms with Gasteiger partial charge >= 0.3 is 6.09 Å². The maximum absolute atomic E-state index is 12.6. The summed E-state index contributed by atoms with van der Waals surface area (Å²) in [6.45, 7) is 13.9. The van der Waals surface area contributed by atoms with Crippen LogP contribution in [-0.4, -0.2) is 42.8 Å². The van der Waals surface area contributed by atoms with Crippen LogP contribution in [0, 0.1) is 13.8 Å². The molecule has 0 unspecified atom stereocenters. The van der Waals surface area contributed by atoms with Gasteiger partial charge in [0.15, 0.2) is 0 Å². The summed E-state index contributed by atoms with van der Waals surface area (Å²) in [6, 6.07) is 10.9. The van der Waals surface area contributed by atoms with Gasteiger partial charge in [-0.3, -0.25) is 0 Å². The van der Waals surface area contributed by atoms with Gasteiger partial charge < -0.3 is 19.3 Å². The Kier molecular flexibility index (Phi) is 5.87. The van der Waals surface area contributed by atoms with Gasteiger partial charge in [0, 0.05) is 19.6 Å². The van der Waals surface area contributed by atoms with E-state index in [4.69, 9.17) is 9.47 Å². The number of aryl methyl sites for hydroxylation is 1. The SMILES string of the molecule is Cc1cccc(CN2CCOc3cc4c(c(C)c32)CCN(C(=O)OC(C)(C)C)CC4)c1. The van der Waals surface area contributed by atoms with E-state index in [0.717, 1.165) is 31.7 Å². The summed E-state index contributed by atoms with van der Waals surface area (Å²) in [4.78, 5) is 16.9. The van der Waals surface area contributed by atoms with Crippen molar-refractivity contribution in [1.82, 2.24) is 4.90 Å². The number of carbonyl (C=O) groups is 1. The van der Waals surface area contributed by atoms with Crippen LogP contribution in [0.4, 0.5) is 10.5 Å². The van der Waals surface area contributed by atoms with Gasteiger partial charge in [0.25, 0.3) is 0 Å². The lowest BCUT2D eigenvalue weighted by Gasteiger charge is -2.34. The third-order valence-corrected chi connectivity index (χ3v) is 6.06. The molecule has 2 aliphatic heterocycles. The van der Waals surface area contributed by atoms with Crippen LogP contribution in [0.15, 0.2) is 30.3 Å². The molecule has 0 atom stereocenters. The van der Waals surface area contributed by atoms with Crippen molar-refractivity contribution in [1.29, 1.82) is 0 Å². The molecular weight excluding hydrogens is 388 g/mol. The molecule has 0 aliphatic carbocycles. The normalized spacial score (nSPS) is 16.2. The highest BCUT2D eigenvalue weighted by atomic mass is 16.6. The van der Waals surface area contributed by atoms with E-state index in [1.54, 1.807) is 0 Å². The highest BCUT2D eigenvalue weighted by Crippen LogP contribution is 2.40. The number of amides is 1. The first kappa shape index (κ1) is 21.5. The number of hydrogen-bond donors (Lipinski definition) is 0. The van der Waals surface area contributed by atoms with Gasteiger partial charge in [0.2, 0.25) is 0 Å². The maximum Gasteiger partial charge on any atom is 0.410 e. The van der Waals surface area contributed by atoms with Crippen molar-refractivity contribution < 1.29 is 14.3 Å². The average molecular weight is 423 g/mol. The van der Waals surface area contributed by atoms with Crippen molar-refractivity contribution >= 4 is 11.8 Å². The first-order valence-electron chi connectivity index (χ1n) is 11.3. The molecule has 2 aromatic rings. The summed E-state index contributed by atoms with van der Waals surface area (Å²) in [5, 5.41) is 0. The van der Waals surface area contributed by atoms with E-state index in [1.165, 1.54) is 33.5 Å². The molecule has 0 fully saturated rings. The first-order chi connectivity index (χ1) is 14.7. The van der Waals surface area contributed by atoms with Crippen LogP contribution in [0.5, 0.6) is 5.75 Å². The van der Waals surface area contributed by atoms with Gasteiger partial charge in [-0.2, -0.15) is 0 Å². The second-order valence-corrected chi connectivity index (χ2v) is 9.71. The molecule has 2 aliphatic rings. The Morgan fingerprint density at radius 3 is 2.61 bits per heavy atom. The van der Waals surface area contributed by atoms with E-state index in [-0.39, 0.29) is 6.09 Å². The minimum atomic E-state index is -0.477. The van der Waals surface area contributed by atoms with E-state index < -0.39 is 5.60 Å². The van der Waals surface area contributed by atoms with Gasteiger partial charge in [-0.25, -0.2) is 4.79 Å². The Morgan fingerprint density at radius 1 is 1.10 bits per heavy atom. The van der Waals surface area contributed by atoms with Crippen molar-refractivity contribution in [2.45, 2.75) is 59.6 Å². The van der Waals surface area contributed by atoms with Gasteiger partial charge in [0.05, 0.1) is 12.2 Å². The smallest absolute Gasteiger partial charge is 0.410 e. The number of fused-ring (bicyclic) bond motifs is 2. The number of carbonyl (C=O) groups excluding carboxylic acids is 1. The molecule has 0 saturated heterocycles. The zero-order chi connectivity index (χ0) is 22.2. The van der Waals surface area contributed by atoms with Crippen molar-refractivity contribution in [3.05, 3.63) is 58.1 Å². The monoisotopic (exact) mass is 422 g/mol. The summed E-state index contributed by atoms with van der Waals surface area (Å²) in [5.41, 5.74) is 7.26. The average Bonchev–Trinajstić information content (AvgIpc) is 2.90. The second kappa shape index (κ2) is 8.45. The highest BCUT2D eigenvalue weighted by Gasteiger charge is 2.28. The first-order valence-corrected chi connectivity index (χ1v) is 11.3. The van der Waals surface area contributed by atoms with Crippen LogP contribution < -0.4 is 9.64 Å². The van der Waals surface area contributed by atoms with E-state index in [2.05, 4.69) is 49.1 Å². The fraction of sp³-hybridized carbons (Fsp3) is 0.500. The van der Waals surface area contributed by atoms with Crippen LogP contribution in [-0.2, 0) is 24.1 Å². The molecule has 0 bridgehead atoms. The largest absolute Gasteiger partial charge is 0.490 e. The molecular formula is C26H34N2O3. The van der Waals surface area contributed by atoms with Gasteiger partial charge in [-0.1, -0.05) is 29.8 Å². The Bertz CT molecular complexity index is 977. The molecule has 5 nitrogen and oxygen atoms in total. The summed E-state index contributed by atoms with van der Waals surface area (Å²) in [7, 11) is 0. The number of nitrogens with zero attached hydrogens (tertiary/aromatic N) is 2. The molecule has 31 heavy (non-hydrogen) atoms. The topological polar surface area (TPSA) is 42.0 Å². The van der Waals surface area contributed by atoms with Crippen molar-refractivity contribution in [2.75, 3.05) is 31.1 Å². The van der Waals surface area contributed by atoms with Gasteiger partial charge in [-0.05, 0) is 75.8 Å². The molecule has 166 valence electrons. The molecule has 5 heteroatoms. The molecule has 0 spiro atoms. The highest BCUT2D eigenvalue weighted by molar-refractivity contribution is 5.71. The van der Waals surface area contributed by atoms with E-state index >= 15 is 0 Å². The minimum Gasteiger partial charge on any atom is -0.490 e. The molecule has 4 rings (SSSR count). The van der Waals surface area contributed by atoms with E-state index in [1.807, 2.05) is 25.7 Å².